The van der Waals surface area contributed by atoms with E-state index in [0.717, 1.165) is 108 Å². The Balaban J connectivity index is 1.51. The zero-order valence-electron chi connectivity index (χ0n) is 29.1. The van der Waals surface area contributed by atoms with Crippen molar-refractivity contribution in [2.24, 2.45) is 0 Å². The van der Waals surface area contributed by atoms with Crippen LogP contribution in [0, 0.1) is 0 Å². The van der Waals surface area contributed by atoms with E-state index in [4.69, 9.17) is 24.4 Å². The molecule has 5 aromatic rings. The van der Waals surface area contributed by atoms with Crippen LogP contribution in [0.1, 0.15) is 90.9 Å². The van der Waals surface area contributed by atoms with Gasteiger partial charge >= 0.3 is 0 Å². The molecule has 0 radical (unpaired) electrons. The number of nitrogens with zero attached hydrogens (tertiary/aromatic N) is 5. The normalized spacial score (nSPS) is 11.4. The van der Waals surface area contributed by atoms with Crippen LogP contribution in [0.15, 0.2) is 79.9 Å². The number of unbranched alkanes of at least 4 members (excludes halogenated alkanes) is 8. The topological polar surface area (TPSA) is 67.0 Å². The van der Waals surface area contributed by atoms with Crippen molar-refractivity contribution in [3.8, 4) is 34.5 Å². The second kappa shape index (κ2) is 18.2. The summed E-state index contributed by atoms with van der Waals surface area (Å²) in [7, 11) is 0. The van der Waals surface area contributed by atoms with E-state index in [2.05, 4.69) is 90.7 Å². The summed E-state index contributed by atoms with van der Waals surface area (Å²) in [4.78, 5) is 15.6. The number of pyridine rings is 1. The van der Waals surface area contributed by atoms with Gasteiger partial charge in [-0.3, -0.25) is 0 Å². The van der Waals surface area contributed by atoms with Crippen molar-refractivity contribution in [2.45, 2.75) is 104 Å². The van der Waals surface area contributed by atoms with Crippen LogP contribution >= 0.6 is 0 Å². The number of hydrogen-bond donors (Lipinski definition) is 0. The van der Waals surface area contributed by atoms with Crippen LogP contribution in [0.3, 0.4) is 0 Å². The van der Waals surface area contributed by atoms with E-state index in [9.17, 15) is 0 Å². The number of allylic oxidation sites excluding steroid dienone is 2. The fourth-order valence-corrected chi connectivity index (χ4v) is 6.16. The highest BCUT2D eigenvalue weighted by Gasteiger charge is 2.19. The van der Waals surface area contributed by atoms with Crippen molar-refractivity contribution in [3.63, 3.8) is 0 Å². The van der Waals surface area contributed by atoms with E-state index in [-0.39, 0.29) is 0 Å². The van der Waals surface area contributed by atoms with E-state index in [1.165, 1.54) is 38.5 Å². The minimum Gasteiger partial charge on any atom is -0.494 e. The lowest BCUT2D eigenvalue weighted by atomic mass is 10.2. The Hall–Kier alpha value is -4.39. The summed E-state index contributed by atoms with van der Waals surface area (Å²) in [5.41, 5.74) is 5.77. The number of aromatic nitrogens is 5. The average molecular weight is 648 g/mol. The Morgan fingerprint density at radius 2 is 1.06 bits per heavy atom. The maximum atomic E-state index is 6.05. The molecule has 3 heterocycles. The second-order valence-electron chi connectivity index (χ2n) is 12.6. The molecule has 0 fully saturated rings. The van der Waals surface area contributed by atoms with Crippen LogP contribution in [0.25, 0.3) is 45.1 Å². The third-order valence-corrected chi connectivity index (χ3v) is 8.76. The molecule has 7 nitrogen and oxygen atoms in total. The van der Waals surface area contributed by atoms with Gasteiger partial charge < -0.3 is 18.6 Å². The summed E-state index contributed by atoms with van der Waals surface area (Å²) in [5.74, 6) is 3.45. The molecule has 3 aromatic heterocycles. The standard InChI is InChI=1S/C41H53N5O2/c1-5-9-13-15-26-45-38-24-22-32(47-28-17-11-7-3)30-36(38)43-40(45)34-20-19-21-35(42-34)41-44-37-31-33(48-29-18-12-8-4)23-25-39(37)46(41)27-16-14-10-6-2/h7-8,19-25,30-31H,3-6,9-18,26-29H2,1-2H3. The first kappa shape index (κ1) is 34.9. The fourth-order valence-electron chi connectivity index (χ4n) is 6.16. The van der Waals surface area contributed by atoms with Crippen molar-refractivity contribution >= 4 is 22.1 Å². The molecule has 0 amide bonds. The smallest absolute Gasteiger partial charge is 0.159 e. The summed E-state index contributed by atoms with van der Waals surface area (Å²) >= 11 is 0. The first-order chi connectivity index (χ1) is 23.7. The van der Waals surface area contributed by atoms with Crippen LogP contribution < -0.4 is 9.47 Å². The van der Waals surface area contributed by atoms with Gasteiger partial charge in [-0.1, -0.05) is 70.6 Å². The molecular weight excluding hydrogens is 594 g/mol. The number of hydrogen-bond acceptors (Lipinski definition) is 5. The first-order valence-corrected chi connectivity index (χ1v) is 18.1. The number of imidazole rings is 2. The van der Waals surface area contributed by atoms with Gasteiger partial charge in [0.15, 0.2) is 11.6 Å². The SMILES string of the molecule is C=CCCCOc1ccc2c(c1)nc(-c1cccc(-c3nc4cc(OCCCC=C)ccc4n3CCCCCC)n1)n2CCCCCC. The first-order valence-electron chi connectivity index (χ1n) is 18.1. The Bertz CT molecular complexity index is 1640. The molecule has 0 N–H and O–H groups in total. The maximum Gasteiger partial charge on any atom is 0.159 e. The average Bonchev–Trinajstić information content (AvgIpc) is 3.66. The zero-order valence-corrected chi connectivity index (χ0v) is 29.1. The molecule has 0 saturated heterocycles. The quantitative estimate of drug-likeness (QED) is 0.0552. The van der Waals surface area contributed by atoms with Crippen molar-refractivity contribution in [1.29, 1.82) is 0 Å². The van der Waals surface area contributed by atoms with Gasteiger partial charge in [0.1, 0.15) is 22.9 Å². The molecule has 0 aliphatic carbocycles. The van der Waals surface area contributed by atoms with Gasteiger partial charge in [0.05, 0.1) is 35.3 Å². The lowest BCUT2D eigenvalue weighted by molar-refractivity contribution is 0.312. The van der Waals surface area contributed by atoms with Gasteiger partial charge in [0.25, 0.3) is 0 Å². The molecular formula is C41H53N5O2. The third-order valence-electron chi connectivity index (χ3n) is 8.76. The third kappa shape index (κ3) is 8.94. The second-order valence-corrected chi connectivity index (χ2v) is 12.6. The molecule has 7 heteroatoms. The van der Waals surface area contributed by atoms with E-state index in [1.807, 2.05) is 12.2 Å². The molecule has 0 bridgehead atoms. The molecule has 0 atom stereocenters. The van der Waals surface area contributed by atoms with Crippen LogP contribution in [0.5, 0.6) is 11.5 Å². The van der Waals surface area contributed by atoms with Crippen molar-refractivity contribution in [1.82, 2.24) is 24.1 Å². The van der Waals surface area contributed by atoms with E-state index in [1.54, 1.807) is 0 Å². The van der Waals surface area contributed by atoms with Crippen LogP contribution in [0.4, 0.5) is 0 Å². The van der Waals surface area contributed by atoms with E-state index < -0.39 is 0 Å². The highest BCUT2D eigenvalue weighted by Crippen LogP contribution is 2.31. The minimum atomic E-state index is 0.661. The molecule has 2 aromatic carbocycles. The molecule has 0 unspecified atom stereocenters. The Morgan fingerprint density at radius 3 is 1.50 bits per heavy atom. The van der Waals surface area contributed by atoms with E-state index in [0.29, 0.717) is 13.2 Å². The highest BCUT2D eigenvalue weighted by atomic mass is 16.5. The van der Waals surface area contributed by atoms with Crippen LogP contribution in [-0.2, 0) is 13.1 Å². The van der Waals surface area contributed by atoms with Gasteiger partial charge in [-0.15, -0.1) is 13.2 Å². The molecule has 254 valence electrons. The monoisotopic (exact) mass is 647 g/mol. The van der Waals surface area contributed by atoms with Gasteiger partial charge in [-0.2, -0.15) is 0 Å². The maximum absolute atomic E-state index is 6.05. The molecule has 5 rings (SSSR count). The van der Waals surface area contributed by atoms with Gasteiger partial charge in [-0.05, 0) is 74.9 Å². The Kier molecular flexibility index (Phi) is 13.3. The van der Waals surface area contributed by atoms with Gasteiger partial charge in [0.2, 0.25) is 0 Å². The minimum absolute atomic E-state index is 0.661. The zero-order chi connectivity index (χ0) is 33.6. The predicted molar refractivity (Wildman–Crippen MR) is 200 cm³/mol. The van der Waals surface area contributed by atoms with E-state index >= 15 is 0 Å². The summed E-state index contributed by atoms with van der Waals surface area (Å²) in [5, 5.41) is 0. The van der Waals surface area contributed by atoms with Gasteiger partial charge in [-0.25, -0.2) is 15.0 Å². The van der Waals surface area contributed by atoms with Crippen molar-refractivity contribution < 1.29 is 9.47 Å². The van der Waals surface area contributed by atoms with Crippen molar-refractivity contribution in [3.05, 3.63) is 79.9 Å². The Labute approximate surface area is 286 Å². The van der Waals surface area contributed by atoms with Crippen LogP contribution in [-0.4, -0.2) is 37.3 Å². The van der Waals surface area contributed by atoms with Crippen LogP contribution in [0.2, 0.25) is 0 Å². The summed E-state index contributed by atoms with van der Waals surface area (Å²) in [6.45, 7) is 15.2. The summed E-state index contributed by atoms with van der Waals surface area (Å²) < 4.78 is 16.8. The number of fused-ring (bicyclic) bond motifs is 2. The number of aryl methyl sites for hydroxylation is 2. The fraction of sp³-hybridized carbons (Fsp3) is 0.439. The molecule has 0 aliphatic rings. The lowest BCUT2D eigenvalue weighted by Gasteiger charge is -2.12. The molecule has 0 aliphatic heterocycles. The number of benzene rings is 2. The number of ether oxygens (including phenoxy) is 2. The highest BCUT2D eigenvalue weighted by molar-refractivity contribution is 5.83. The van der Waals surface area contributed by atoms with Gasteiger partial charge in [0, 0.05) is 25.2 Å². The molecule has 0 spiro atoms. The predicted octanol–water partition coefficient (Wildman–Crippen LogP) is 11.0. The Morgan fingerprint density at radius 1 is 0.583 bits per heavy atom. The molecule has 0 saturated carbocycles. The summed E-state index contributed by atoms with van der Waals surface area (Å²) in [6.07, 6.45) is 17.1. The largest absolute Gasteiger partial charge is 0.494 e. The summed E-state index contributed by atoms with van der Waals surface area (Å²) in [6, 6.07) is 18.8. The van der Waals surface area contributed by atoms with Crippen molar-refractivity contribution in [2.75, 3.05) is 13.2 Å². The lowest BCUT2D eigenvalue weighted by Crippen LogP contribution is -2.04. The number of rotatable bonds is 22. The molecule has 48 heavy (non-hydrogen) atoms.